The van der Waals surface area contributed by atoms with Crippen LogP contribution in [0.25, 0.3) is 0 Å². The number of aromatic nitrogens is 3. The maximum atomic E-state index is 12.4. The Balaban J connectivity index is 1.36. The van der Waals surface area contributed by atoms with E-state index >= 15 is 0 Å². The van der Waals surface area contributed by atoms with E-state index in [4.69, 9.17) is 24.7 Å². The van der Waals surface area contributed by atoms with Crippen molar-refractivity contribution in [3.63, 3.8) is 0 Å². The highest BCUT2D eigenvalue weighted by Gasteiger charge is 2.21. The summed E-state index contributed by atoms with van der Waals surface area (Å²) in [6.45, 7) is 3.16. The molecule has 1 amide bonds. The van der Waals surface area contributed by atoms with Gasteiger partial charge in [-0.2, -0.15) is 15.0 Å². The molecule has 3 aromatic rings. The number of carbonyl (C=O) groups is 1. The van der Waals surface area contributed by atoms with Gasteiger partial charge in [0.15, 0.2) is 11.5 Å². The van der Waals surface area contributed by atoms with Gasteiger partial charge in [0.05, 0.1) is 53.2 Å². The number of hydrogen-bond acceptors (Lipinski definition) is 13. The molecule has 4 rings (SSSR count). The summed E-state index contributed by atoms with van der Waals surface area (Å²) < 4.78 is 21.7. The van der Waals surface area contributed by atoms with Crippen LogP contribution in [0.2, 0.25) is 0 Å². The van der Waals surface area contributed by atoms with Crippen molar-refractivity contribution in [3.8, 4) is 11.5 Å². The van der Waals surface area contributed by atoms with Crippen molar-refractivity contribution >= 4 is 29.4 Å². The minimum Gasteiger partial charge on any atom is -0.493 e. The molecule has 0 unspecified atom stereocenters. The van der Waals surface area contributed by atoms with Gasteiger partial charge in [-0.15, -0.1) is 0 Å². The van der Waals surface area contributed by atoms with Gasteiger partial charge in [0.25, 0.3) is 0 Å². The van der Waals surface area contributed by atoms with Crippen LogP contribution in [0, 0.1) is 0 Å². The lowest BCUT2D eigenvalue weighted by atomic mass is 9.93. The van der Waals surface area contributed by atoms with Gasteiger partial charge in [-0.05, 0) is 49.4 Å². The lowest BCUT2D eigenvalue weighted by Crippen LogP contribution is -2.29. The monoisotopic (exact) mass is 638 g/mol. The van der Waals surface area contributed by atoms with Crippen LogP contribution in [0.1, 0.15) is 36.8 Å². The van der Waals surface area contributed by atoms with Crippen LogP contribution < -0.4 is 36.5 Å². The topological polar surface area (TPSA) is 187 Å². The molecule has 0 spiro atoms. The maximum absolute atomic E-state index is 12.4. The molecular weight excluding hydrogens is 592 g/mol. The van der Waals surface area contributed by atoms with Crippen molar-refractivity contribution in [2.24, 2.45) is 5.73 Å². The van der Waals surface area contributed by atoms with Crippen molar-refractivity contribution in [3.05, 3.63) is 53.6 Å². The molecular formula is C32H46N8O6. The Morgan fingerprint density at radius 2 is 1.61 bits per heavy atom. The molecule has 1 fully saturated rings. The Morgan fingerprint density at radius 1 is 0.891 bits per heavy atom. The van der Waals surface area contributed by atoms with Crippen molar-refractivity contribution in [1.29, 1.82) is 0 Å². The summed E-state index contributed by atoms with van der Waals surface area (Å²) in [7, 11) is 3.20. The lowest BCUT2D eigenvalue weighted by Gasteiger charge is -2.26. The van der Waals surface area contributed by atoms with Gasteiger partial charge in [0, 0.05) is 36.9 Å². The van der Waals surface area contributed by atoms with Crippen LogP contribution >= 0.6 is 0 Å². The minimum absolute atomic E-state index is 0.0875. The average Bonchev–Trinajstić information content (AvgIpc) is 3.06. The second-order valence-electron chi connectivity index (χ2n) is 10.8. The van der Waals surface area contributed by atoms with E-state index in [-0.39, 0.29) is 24.5 Å². The zero-order valence-electron chi connectivity index (χ0n) is 26.6. The largest absolute Gasteiger partial charge is 0.493 e. The first-order valence-electron chi connectivity index (χ1n) is 15.6. The quantitative estimate of drug-likeness (QED) is 0.105. The summed E-state index contributed by atoms with van der Waals surface area (Å²) in [6, 6.07) is 13.4. The molecule has 1 aliphatic carbocycles. The van der Waals surface area contributed by atoms with Crippen LogP contribution in [-0.4, -0.2) is 91.8 Å². The molecule has 0 aliphatic heterocycles. The molecule has 14 nitrogen and oxygen atoms in total. The molecule has 2 aromatic carbocycles. The zero-order valence-corrected chi connectivity index (χ0v) is 26.6. The van der Waals surface area contributed by atoms with Gasteiger partial charge in [-0.3, -0.25) is 4.79 Å². The van der Waals surface area contributed by atoms with Gasteiger partial charge >= 0.3 is 0 Å². The number of aliphatic hydroxyl groups excluding tert-OH is 1. The van der Waals surface area contributed by atoms with E-state index < -0.39 is 0 Å². The highest BCUT2D eigenvalue weighted by molar-refractivity contribution is 5.78. The Labute approximate surface area is 269 Å². The maximum Gasteiger partial charge on any atom is 0.233 e. The lowest BCUT2D eigenvalue weighted by molar-refractivity contribution is -0.120. The third kappa shape index (κ3) is 11.3. The molecule has 0 atom stereocenters. The van der Waals surface area contributed by atoms with Crippen LogP contribution in [0.3, 0.4) is 0 Å². The smallest absolute Gasteiger partial charge is 0.233 e. The number of methoxy groups -OCH3 is 2. The van der Waals surface area contributed by atoms with Gasteiger partial charge in [-0.1, -0.05) is 24.3 Å². The first kappa shape index (κ1) is 34.6. The first-order valence-corrected chi connectivity index (χ1v) is 15.6. The number of nitrogens with zero attached hydrogens (tertiary/aromatic N) is 3. The van der Waals surface area contributed by atoms with Gasteiger partial charge in [0.2, 0.25) is 23.8 Å². The third-order valence-corrected chi connectivity index (χ3v) is 7.36. The molecule has 250 valence electrons. The molecule has 0 saturated heterocycles. The van der Waals surface area contributed by atoms with E-state index in [1.54, 1.807) is 14.2 Å². The normalized spacial score (nSPS) is 16.0. The number of ether oxygens (including phenoxy) is 4. The summed E-state index contributed by atoms with van der Waals surface area (Å²) in [4.78, 5) is 26.2. The van der Waals surface area contributed by atoms with E-state index in [9.17, 15) is 9.90 Å². The molecule has 0 bridgehead atoms. The number of amides is 1. The number of nitrogens with two attached hydrogens (primary N) is 1. The molecule has 14 heteroatoms. The fourth-order valence-electron chi connectivity index (χ4n) is 5.00. The summed E-state index contributed by atoms with van der Waals surface area (Å²) in [5, 5.41) is 22.7. The Bertz CT molecular complexity index is 1350. The molecule has 0 radical (unpaired) electrons. The molecule has 46 heavy (non-hydrogen) atoms. The summed E-state index contributed by atoms with van der Waals surface area (Å²) in [5.74, 6) is 2.34. The second kappa shape index (κ2) is 18.7. The van der Waals surface area contributed by atoms with Crippen molar-refractivity contribution < 1.29 is 28.8 Å². The standard InChI is InChI=1S/C32H46N8O6/c1-43-27-5-3-4-23(29(27)44-2)21-35-30-38-31(40-32(39-30)37-25-10-12-26(41)13-11-25)36-24-8-6-22(7-9-24)20-28(42)34-15-17-46-19-18-45-16-14-33/h3-9,25-26,41H,10-21,33H2,1-2H3,(H,34,42)(H3,35,36,37,38,39,40). The van der Waals surface area contributed by atoms with Crippen molar-refractivity contribution in [2.75, 3.05) is 69.7 Å². The number of aliphatic hydroxyl groups is 1. The fraction of sp³-hybridized carbons (Fsp3) is 0.500. The van der Waals surface area contributed by atoms with Crippen molar-refractivity contribution in [2.45, 2.75) is 50.8 Å². The minimum atomic E-state index is -0.260. The highest BCUT2D eigenvalue weighted by Crippen LogP contribution is 2.31. The van der Waals surface area contributed by atoms with E-state index in [1.165, 1.54) is 0 Å². The molecule has 1 heterocycles. The van der Waals surface area contributed by atoms with Gasteiger partial charge < -0.3 is 51.1 Å². The number of rotatable bonds is 19. The summed E-state index contributed by atoms with van der Waals surface area (Å²) in [6.07, 6.45) is 3.11. The van der Waals surface area contributed by atoms with E-state index in [1.807, 2.05) is 42.5 Å². The Hall–Kier alpha value is -4.24. The third-order valence-electron chi connectivity index (χ3n) is 7.36. The number of hydrogen-bond donors (Lipinski definition) is 6. The van der Waals surface area contributed by atoms with Crippen LogP contribution in [-0.2, 0) is 27.2 Å². The van der Waals surface area contributed by atoms with Gasteiger partial charge in [-0.25, -0.2) is 0 Å². The summed E-state index contributed by atoms with van der Waals surface area (Å²) >= 11 is 0. The molecule has 1 aliphatic rings. The van der Waals surface area contributed by atoms with Crippen LogP contribution in [0.4, 0.5) is 23.5 Å². The predicted molar refractivity (Wildman–Crippen MR) is 176 cm³/mol. The summed E-state index contributed by atoms with van der Waals surface area (Å²) in [5.41, 5.74) is 7.88. The van der Waals surface area contributed by atoms with Crippen LogP contribution in [0.5, 0.6) is 11.5 Å². The number of nitrogens with one attached hydrogen (secondary N) is 4. The van der Waals surface area contributed by atoms with E-state index in [0.717, 1.165) is 42.5 Å². The fourth-order valence-corrected chi connectivity index (χ4v) is 5.00. The molecule has 1 aromatic heterocycles. The highest BCUT2D eigenvalue weighted by atomic mass is 16.5. The first-order chi connectivity index (χ1) is 22.5. The molecule has 7 N–H and O–H groups in total. The SMILES string of the molecule is COc1cccc(CNc2nc(Nc3ccc(CC(=O)NCCOCCOCCN)cc3)nc(NC3CCC(O)CC3)n2)c1OC. The van der Waals surface area contributed by atoms with Gasteiger partial charge in [0.1, 0.15) is 0 Å². The second-order valence-corrected chi connectivity index (χ2v) is 10.8. The zero-order chi connectivity index (χ0) is 32.6. The Kier molecular flexibility index (Phi) is 14.0. The van der Waals surface area contributed by atoms with E-state index in [2.05, 4.69) is 36.2 Å². The number of para-hydroxylation sites is 1. The number of carbonyl (C=O) groups excluding carboxylic acids is 1. The van der Waals surface area contributed by atoms with Crippen molar-refractivity contribution in [1.82, 2.24) is 20.3 Å². The average molecular weight is 639 g/mol. The molecule has 1 saturated carbocycles. The Morgan fingerprint density at radius 3 is 2.33 bits per heavy atom. The predicted octanol–water partition coefficient (Wildman–Crippen LogP) is 2.61. The number of benzene rings is 2. The van der Waals surface area contributed by atoms with Crippen LogP contribution in [0.15, 0.2) is 42.5 Å². The number of anilines is 4. The van der Waals surface area contributed by atoms with E-state index in [0.29, 0.717) is 75.4 Å².